The van der Waals surface area contributed by atoms with E-state index >= 15 is 0 Å². The molecule has 1 saturated carbocycles. The summed E-state index contributed by atoms with van der Waals surface area (Å²) in [6.07, 6.45) is 2.75. The van der Waals surface area contributed by atoms with Gasteiger partial charge in [0.1, 0.15) is 0 Å². The molecule has 0 bridgehead atoms. The summed E-state index contributed by atoms with van der Waals surface area (Å²) in [4.78, 5) is 11.3. The number of benzene rings is 1. The van der Waals surface area contributed by atoms with Gasteiger partial charge >= 0.3 is 0 Å². The van der Waals surface area contributed by atoms with E-state index in [9.17, 15) is 13.2 Å². The fraction of sp³-hybridized carbons (Fsp3) is 0.562. The van der Waals surface area contributed by atoms with Gasteiger partial charge in [-0.05, 0) is 49.4 Å². The van der Waals surface area contributed by atoms with Crippen LogP contribution in [0.1, 0.15) is 40.0 Å². The lowest BCUT2D eigenvalue weighted by molar-refractivity contribution is -0.114. The van der Waals surface area contributed by atoms with E-state index in [0.717, 1.165) is 19.3 Å². The Bertz CT molecular complexity index is 619. The molecule has 0 unspecified atom stereocenters. The number of hydrogen-bond donors (Lipinski definition) is 1. The quantitative estimate of drug-likeness (QED) is 0.838. The Morgan fingerprint density at radius 3 is 2.32 bits per heavy atom. The SMILES string of the molecule is CC(=O)Nc1ccc(S(=O)(=O)N(CCC(C)C)C2CC2)cc1. The highest BCUT2D eigenvalue weighted by Crippen LogP contribution is 2.32. The molecule has 0 aliphatic heterocycles. The van der Waals surface area contributed by atoms with Crippen molar-refractivity contribution < 1.29 is 13.2 Å². The Hall–Kier alpha value is -1.40. The van der Waals surface area contributed by atoms with Crippen LogP contribution < -0.4 is 5.32 Å². The zero-order valence-electron chi connectivity index (χ0n) is 13.4. The summed E-state index contributed by atoms with van der Waals surface area (Å²) in [6, 6.07) is 6.53. The van der Waals surface area contributed by atoms with Gasteiger partial charge in [-0.15, -0.1) is 0 Å². The van der Waals surface area contributed by atoms with Gasteiger partial charge in [0.2, 0.25) is 15.9 Å². The van der Waals surface area contributed by atoms with E-state index in [1.807, 2.05) is 0 Å². The van der Waals surface area contributed by atoms with Gasteiger partial charge in [-0.25, -0.2) is 8.42 Å². The highest BCUT2D eigenvalue weighted by atomic mass is 32.2. The Labute approximate surface area is 132 Å². The first-order valence-electron chi connectivity index (χ1n) is 7.70. The van der Waals surface area contributed by atoms with Crippen molar-refractivity contribution in [2.75, 3.05) is 11.9 Å². The van der Waals surface area contributed by atoms with E-state index in [4.69, 9.17) is 0 Å². The molecule has 1 aliphatic carbocycles. The van der Waals surface area contributed by atoms with E-state index in [1.165, 1.54) is 6.92 Å². The van der Waals surface area contributed by atoms with E-state index in [1.54, 1.807) is 28.6 Å². The molecule has 22 heavy (non-hydrogen) atoms. The third-order valence-electron chi connectivity index (χ3n) is 3.66. The summed E-state index contributed by atoms with van der Waals surface area (Å²) in [6.45, 7) is 6.18. The normalized spacial score (nSPS) is 15.3. The molecule has 6 heteroatoms. The van der Waals surface area contributed by atoms with Crippen LogP contribution in [0.25, 0.3) is 0 Å². The first-order valence-corrected chi connectivity index (χ1v) is 9.14. The molecule has 0 saturated heterocycles. The molecule has 0 heterocycles. The number of sulfonamides is 1. The minimum atomic E-state index is -3.46. The lowest BCUT2D eigenvalue weighted by atomic mass is 10.1. The predicted octanol–water partition coefficient (Wildman–Crippen LogP) is 2.84. The Morgan fingerprint density at radius 2 is 1.86 bits per heavy atom. The monoisotopic (exact) mass is 324 g/mol. The summed E-state index contributed by atoms with van der Waals surface area (Å²) in [7, 11) is -3.46. The summed E-state index contributed by atoms with van der Waals surface area (Å²) in [5.41, 5.74) is 0.603. The summed E-state index contributed by atoms with van der Waals surface area (Å²) in [5.74, 6) is 0.297. The maximum absolute atomic E-state index is 12.8. The lowest BCUT2D eigenvalue weighted by Crippen LogP contribution is -2.34. The van der Waals surface area contributed by atoms with E-state index in [-0.39, 0.29) is 16.8 Å². The van der Waals surface area contributed by atoms with E-state index in [0.29, 0.717) is 18.2 Å². The average Bonchev–Trinajstić information content (AvgIpc) is 3.22. The molecule has 122 valence electrons. The number of amides is 1. The largest absolute Gasteiger partial charge is 0.326 e. The van der Waals surface area contributed by atoms with Crippen molar-refractivity contribution in [2.24, 2.45) is 5.92 Å². The maximum atomic E-state index is 12.8. The van der Waals surface area contributed by atoms with E-state index in [2.05, 4.69) is 19.2 Å². The van der Waals surface area contributed by atoms with Crippen molar-refractivity contribution in [3.8, 4) is 0 Å². The van der Waals surface area contributed by atoms with Crippen molar-refractivity contribution in [2.45, 2.75) is 51.0 Å². The molecule has 0 aromatic heterocycles. The highest BCUT2D eigenvalue weighted by Gasteiger charge is 2.37. The van der Waals surface area contributed by atoms with Crippen LogP contribution in [-0.2, 0) is 14.8 Å². The Kier molecular flexibility index (Phi) is 5.24. The van der Waals surface area contributed by atoms with Crippen LogP contribution in [0.2, 0.25) is 0 Å². The second-order valence-electron chi connectivity index (χ2n) is 6.24. The number of nitrogens with one attached hydrogen (secondary N) is 1. The van der Waals surface area contributed by atoms with Crippen molar-refractivity contribution >= 4 is 21.6 Å². The third kappa shape index (κ3) is 4.30. The van der Waals surface area contributed by atoms with Crippen LogP contribution in [0.15, 0.2) is 29.2 Å². The second kappa shape index (κ2) is 6.79. The van der Waals surface area contributed by atoms with Gasteiger partial charge in [0.05, 0.1) is 4.90 Å². The van der Waals surface area contributed by atoms with Crippen LogP contribution in [0.3, 0.4) is 0 Å². The van der Waals surface area contributed by atoms with Gasteiger partial charge in [-0.2, -0.15) is 4.31 Å². The number of rotatable bonds is 7. The number of carbonyl (C=O) groups is 1. The average molecular weight is 324 g/mol. The van der Waals surface area contributed by atoms with Crippen molar-refractivity contribution in [1.29, 1.82) is 0 Å². The second-order valence-corrected chi connectivity index (χ2v) is 8.13. The first kappa shape index (κ1) is 17.0. The van der Waals surface area contributed by atoms with Gasteiger partial charge in [-0.3, -0.25) is 4.79 Å². The zero-order chi connectivity index (χ0) is 16.3. The highest BCUT2D eigenvalue weighted by molar-refractivity contribution is 7.89. The molecule has 0 radical (unpaired) electrons. The maximum Gasteiger partial charge on any atom is 0.243 e. The van der Waals surface area contributed by atoms with Crippen LogP contribution in [0.4, 0.5) is 5.69 Å². The van der Waals surface area contributed by atoms with E-state index < -0.39 is 10.0 Å². The minimum absolute atomic E-state index is 0.152. The van der Waals surface area contributed by atoms with Crippen LogP contribution in [0, 0.1) is 5.92 Å². The smallest absolute Gasteiger partial charge is 0.243 e. The molecule has 2 rings (SSSR count). The molecule has 1 N–H and O–H groups in total. The summed E-state index contributed by atoms with van der Waals surface area (Å²) < 4.78 is 27.2. The molecular formula is C16H24N2O3S. The summed E-state index contributed by atoms with van der Waals surface area (Å²) >= 11 is 0. The van der Waals surface area contributed by atoms with Gasteiger partial charge in [0.25, 0.3) is 0 Å². The predicted molar refractivity (Wildman–Crippen MR) is 87.1 cm³/mol. The van der Waals surface area contributed by atoms with Gasteiger partial charge in [0.15, 0.2) is 0 Å². The standard InChI is InChI=1S/C16H24N2O3S/c1-12(2)10-11-18(15-6-7-15)22(20,21)16-8-4-14(5-9-16)17-13(3)19/h4-5,8-9,12,15H,6-7,10-11H2,1-3H3,(H,17,19). The van der Waals surface area contributed by atoms with Gasteiger partial charge < -0.3 is 5.32 Å². The zero-order valence-corrected chi connectivity index (χ0v) is 14.2. The molecule has 1 aliphatic rings. The molecular weight excluding hydrogens is 300 g/mol. The van der Waals surface area contributed by atoms with Crippen molar-refractivity contribution in [3.05, 3.63) is 24.3 Å². The minimum Gasteiger partial charge on any atom is -0.326 e. The van der Waals surface area contributed by atoms with Crippen LogP contribution >= 0.6 is 0 Å². The fourth-order valence-electron chi connectivity index (χ4n) is 2.30. The number of nitrogens with zero attached hydrogens (tertiary/aromatic N) is 1. The molecule has 0 spiro atoms. The fourth-order valence-corrected chi connectivity index (χ4v) is 4.00. The molecule has 1 fully saturated rings. The van der Waals surface area contributed by atoms with Crippen molar-refractivity contribution in [1.82, 2.24) is 4.31 Å². The molecule has 1 amide bonds. The summed E-state index contributed by atoms with van der Waals surface area (Å²) in [5, 5.41) is 2.64. The van der Waals surface area contributed by atoms with Crippen LogP contribution in [-0.4, -0.2) is 31.2 Å². The number of anilines is 1. The third-order valence-corrected chi connectivity index (χ3v) is 5.63. The molecule has 1 aromatic carbocycles. The van der Waals surface area contributed by atoms with Crippen LogP contribution in [0.5, 0.6) is 0 Å². The first-order chi connectivity index (χ1) is 10.3. The Morgan fingerprint density at radius 1 is 1.27 bits per heavy atom. The molecule has 0 atom stereocenters. The van der Waals surface area contributed by atoms with Crippen molar-refractivity contribution in [3.63, 3.8) is 0 Å². The molecule has 5 nitrogen and oxygen atoms in total. The van der Waals surface area contributed by atoms with Gasteiger partial charge in [0, 0.05) is 25.2 Å². The topological polar surface area (TPSA) is 66.5 Å². The Balaban J connectivity index is 2.17. The molecule has 1 aromatic rings. The number of carbonyl (C=O) groups excluding carboxylic acids is 1. The number of hydrogen-bond acceptors (Lipinski definition) is 3. The lowest BCUT2D eigenvalue weighted by Gasteiger charge is -2.23. The van der Waals surface area contributed by atoms with Gasteiger partial charge in [-0.1, -0.05) is 13.8 Å².